The number of rotatable bonds is 1. The van der Waals surface area contributed by atoms with Crippen LogP contribution in [-0.2, 0) is 4.79 Å². The summed E-state index contributed by atoms with van der Waals surface area (Å²) in [5.74, 6) is -0.473. The topological polar surface area (TPSA) is 17.1 Å². The highest BCUT2D eigenvalue weighted by Gasteiger charge is 2.33. The van der Waals surface area contributed by atoms with Crippen LogP contribution in [0.15, 0.2) is 0 Å². The van der Waals surface area contributed by atoms with Crippen molar-refractivity contribution in [1.29, 1.82) is 0 Å². The molecule has 0 radical (unpaired) electrons. The Morgan fingerprint density at radius 3 is 2.36 bits per heavy atom. The van der Waals surface area contributed by atoms with Crippen LogP contribution in [0.2, 0.25) is 0 Å². The molecule has 0 heterocycles. The monoisotopic (exact) mass is 182 g/mol. The number of carbonyl (C=O) groups is 1. The van der Waals surface area contributed by atoms with Crippen molar-refractivity contribution in [2.45, 2.75) is 31.6 Å². The van der Waals surface area contributed by atoms with E-state index in [9.17, 15) is 13.6 Å². The molecule has 0 aromatic rings. The third-order valence-corrected chi connectivity index (χ3v) is 2.32. The summed E-state index contributed by atoms with van der Waals surface area (Å²) in [6.07, 6.45) is -2.46. The van der Waals surface area contributed by atoms with Crippen LogP contribution in [0.1, 0.15) is 19.3 Å². The normalized spacial score (nSPS) is 38.6. The maximum Gasteiger partial charge on any atom is 0.224 e. The van der Waals surface area contributed by atoms with Gasteiger partial charge in [0.1, 0.15) is 12.3 Å². The standard InChI is InChI=1S/C7H9ClF2O/c8-7(11)4-1-2-5(9)6(10)3-4/h4-6H,1-3H2. The lowest BCUT2D eigenvalue weighted by Gasteiger charge is -2.24. The summed E-state index contributed by atoms with van der Waals surface area (Å²) in [6.45, 7) is 0. The van der Waals surface area contributed by atoms with Gasteiger partial charge in [-0.05, 0) is 30.9 Å². The van der Waals surface area contributed by atoms with Gasteiger partial charge in [-0.2, -0.15) is 0 Å². The molecule has 3 unspecified atom stereocenters. The fourth-order valence-corrected chi connectivity index (χ4v) is 1.48. The van der Waals surface area contributed by atoms with Gasteiger partial charge in [0.25, 0.3) is 0 Å². The minimum atomic E-state index is -1.50. The molecule has 3 atom stereocenters. The number of halogens is 3. The van der Waals surface area contributed by atoms with Gasteiger partial charge in [-0.1, -0.05) is 0 Å². The van der Waals surface area contributed by atoms with Crippen LogP contribution < -0.4 is 0 Å². The van der Waals surface area contributed by atoms with E-state index in [1.54, 1.807) is 0 Å². The van der Waals surface area contributed by atoms with E-state index < -0.39 is 23.5 Å². The van der Waals surface area contributed by atoms with E-state index in [1.165, 1.54) is 0 Å². The number of hydrogen-bond acceptors (Lipinski definition) is 1. The summed E-state index contributed by atoms with van der Waals surface area (Å²) in [5, 5.41) is -0.542. The molecule has 0 N–H and O–H groups in total. The Balaban J connectivity index is 2.46. The van der Waals surface area contributed by atoms with Gasteiger partial charge in [0.15, 0.2) is 0 Å². The molecule has 1 saturated carbocycles. The Kier molecular flexibility index (Phi) is 2.82. The van der Waals surface area contributed by atoms with Crippen LogP contribution in [0.25, 0.3) is 0 Å². The highest BCUT2D eigenvalue weighted by atomic mass is 35.5. The van der Waals surface area contributed by atoms with Gasteiger partial charge in [0.2, 0.25) is 5.24 Å². The van der Waals surface area contributed by atoms with Gasteiger partial charge in [0, 0.05) is 5.92 Å². The fourth-order valence-electron chi connectivity index (χ4n) is 1.28. The zero-order chi connectivity index (χ0) is 8.43. The van der Waals surface area contributed by atoms with E-state index in [0.29, 0.717) is 6.42 Å². The molecular weight excluding hydrogens is 174 g/mol. The number of alkyl halides is 2. The molecule has 0 spiro atoms. The highest BCUT2D eigenvalue weighted by molar-refractivity contribution is 6.63. The third kappa shape index (κ3) is 2.12. The predicted molar refractivity (Wildman–Crippen MR) is 38.0 cm³/mol. The van der Waals surface area contributed by atoms with Gasteiger partial charge in [-0.15, -0.1) is 0 Å². The SMILES string of the molecule is O=C(Cl)C1CCC(F)C(F)C1. The summed E-state index contributed by atoms with van der Waals surface area (Å²) in [4.78, 5) is 10.5. The molecule has 1 aliphatic rings. The van der Waals surface area contributed by atoms with Crippen LogP contribution in [0, 0.1) is 5.92 Å². The Morgan fingerprint density at radius 2 is 1.91 bits per heavy atom. The van der Waals surface area contributed by atoms with Crippen molar-refractivity contribution in [2.75, 3.05) is 0 Å². The van der Waals surface area contributed by atoms with Gasteiger partial charge in [0.05, 0.1) is 0 Å². The second-order valence-corrected chi connectivity index (χ2v) is 3.22. The van der Waals surface area contributed by atoms with E-state index in [-0.39, 0.29) is 12.8 Å². The zero-order valence-electron chi connectivity index (χ0n) is 5.90. The summed E-state index contributed by atoms with van der Waals surface area (Å²) in [5.41, 5.74) is 0. The highest BCUT2D eigenvalue weighted by Crippen LogP contribution is 2.29. The first kappa shape index (κ1) is 8.91. The number of hydrogen-bond donors (Lipinski definition) is 0. The van der Waals surface area contributed by atoms with Crippen LogP contribution in [-0.4, -0.2) is 17.6 Å². The van der Waals surface area contributed by atoms with Crippen molar-refractivity contribution in [3.05, 3.63) is 0 Å². The molecule has 1 rings (SSSR count). The van der Waals surface area contributed by atoms with Gasteiger partial charge in [-0.25, -0.2) is 8.78 Å². The minimum Gasteiger partial charge on any atom is -0.281 e. The Hall–Kier alpha value is -0.180. The Bertz CT molecular complexity index is 163. The van der Waals surface area contributed by atoms with Gasteiger partial charge < -0.3 is 0 Å². The van der Waals surface area contributed by atoms with E-state index in [0.717, 1.165) is 0 Å². The molecule has 1 aliphatic carbocycles. The second-order valence-electron chi connectivity index (χ2n) is 2.85. The van der Waals surface area contributed by atoms with E-state index >= 15 is 0 Å². The van der Waals surface area contributed by atoms with Gasteiger partial charge in [-0.3, -0.25) is 4.79 Å². The lowest BCUT2D eigenvalue weighted by atomic mass is 9.88. The first-order chi connectivity index (χ1) is 5.11. The van der Waals surface area contributed by atoms with Crippen LogP contribution in [0.4, 0.5) is 8.78 Å². The molecular formula is C7H9ClF2O. The first-order valence-corrected chi connectivity index (χ1v) is 3.96. The maximum absolute atomic E-state index is 12.6. The molecule has 11 heavy (non-hydrogen) atoms. The molecule has 0 amide bonds. The lowest BCUT2D eigenvalue weighted by Crippen LogP contribution is -2.29. The summed E-state index contributed by atoms with van der Waals surface area (Å²) < 4.78 is 25.1. The summed E-state index contributed by atoms with van der Waals surface area (Å²) >= 11 is 5.14. The van der Waals surface area contributed by atoms with Crippen molar-refractivity contribution in [1.82, 2.24) is 0 Å². The average molecular weight is 183 g/mol. The van der Waals surface area contributed by atoms with Gasteiger partial charge >= 0.3 is 0 Å². The van der Waals surface area contributed by atoms with Crippen molar-refractivity contribution in [3.8, 4) is 0 Å². The largest absolute Gasteiger partial charge is 0.281 e. The predicted octanol–water partition coefficient (Wildman–Crippen LogP) is 2.23. The van der Waals surface area contributed by atoms with Crippen molar-refractivity contribution in [2.24, 2.45) is 5.92 Å². The Labute approximate surface area is 68.7 Å². The van der Waals surface area contributed by atoms with E-state index in [4.69, 9.17) is 11.6 Å². The van der Waals surface area contributed by atoms with E-state index in [1.807, 2.05) is 0 Å². The molecule has 1 fully saturated rings. The second kappa shape index (κ2) is 3.48. The van der Waals surface area contributed by atoms with Crippen LogP contribution in [0.3, 0.4) is 0 Å². The molecule has 0 bridgehead atoms. The summed E-state index contributed by atoms with van der Waals surface area (Å²) in [7, 11) is 0. The maximum atomic E-state index is 12.6. The lowest BCUT2D eigenvalue weighted by molar-refractivity contribution is -0.117. The third-order valence-electron chi connectivity index (χ3n) is 2.01. The van der Waals surface area contributed by atoms with Crippen LogP contribution >= 0.6 is 11.6 Å². The molecule has 64 valence electrons. The molecule has 4 heteroatoms. The fraction of sp³-hybridized carbons (Fsp3) is 0.857. The first-order valence-electron chi connectivity index (χ1n) is 3.58. The summed E-state index contributed by atoms with van der Waals surface area (Å²) in [6, 6.07) is 0. The van der Waals surface area contributed by atoms with Crippen molar-refractivity contribution < 1.29 is 13.6 Å². The van der Waals surface area contributed by atoms with Crippen LogP contribution in [0.5, 0.6) is 0 Å². The van der Waals surface area contributed by atoms with Crippen molar-refractivity contribution >= 4 is 16.8 Å². The van der Waals surface area contributed by atoms with Crippen molar-refractivity contribution in [3.63, 3.8) is 0 Å². The Morgan fingerprint density at radius 1 is 1.27 bits per heavy atom. The van der Waals surface area contributed by atoms with E-state index in [2.05, 4.69) is 0 Å². The smallest absolute Gasteiger partial charge is 0.224 e. The average Bonchev–Trinajstić information content (AvgIpc) is 1.94. The molecule has 0 saturated heterocycles. The minimum absolute atomic E-state index is 0.0521. The number of carbonyl (C=O) groups excluding carboxylic acids is 1. The molecule has 0 aliphatic heterocycles. The molecule has 0 aromatic carbocycles. The molecule has 0 aromatic heterocycles. The quantitative estimate of drug-likeness (QED) is 0.569. The molecule has 1 nitrogen and oxygen atoms in total. The zero-order valence-corrected chi connectivity index (χ0v) is 6.65.